The summed E-state index contributed by atoms with van der Waals surface area (Å²) < 4.78 is 10.9. The quantitative estimate of drug-likeness (QED) is 0.423. The molecular formula is C24H20N2O3S. The van der Waals surface area contributed by atoms with E-state index in [0.717, 1.165) is 27.6 Å². The standard InChI is InChI=1S/C24H20N2O3S/c1-28-20-13-9-19(10-14-20)25-23(27)22-16-30-24(26-22)18-7-11-21(12-8-18)29-15-17-5-3-2-4-6-17/h2-14,16H,15H2,1H3,(H,25,27). The minimum Gasteiger partial charge on any atom is -0.497 e. The lowest BCUT2D eigenvalue weighted by molar-refractivity contribution is 0.102. The number of hydrogen-bond acceptors (Lipinski definition) is 5. The van der Waals surface area contributed by atoms with Gasteiger partial charge in [-0.2, -0.15) is 0 Å². The molecule has 30 heavy (non-hydrogen) atoms. The molecule has 5 nitrogen and oxygen atoms in total. The lowest BCUT2D eigenvalue weighted by Crippen LogP contribution is -2.12. The summed E-state index contributed by atoms with van der Waals surface area (Å²) in [6, 6.07) is 24.9. The Morgan fingerprint density at radius 1 is 0.933 bits per heavy atom. The highest BCUT2D eigenvalue weighted by molar-refractivity contribution is 7.13. The number of methoxy groups -OCH3 is 1. The summed E-state index contributed by atoms with van der Waals surface area (Å²) in [5.74, 6) is 1.28. The highest BCUT2D eigenvalue weighted by atomic mass is 32.1. The van der Waals surface area contributed by atoms with Crippen molar-refractivity contribution in [2.45, 2.75) is 6.61 Å². The van der Waals surface area contributed by atoms with Crippen molar-refractivity contribution in [2.24, 2.45) is 0 Å². The number of aromatic nitrogens is 1. The van der Waals surface area contributed by atoms with Crippen molar-refractivity contribution in [1.82, 2.24) is 4.98 Å². The van der Waals surface area contributed by atoms with E-state index in [1.165, 1.54) is 11.3 Å². The molecule has 0 aliphatic heterocycles. The summed E-state index contributed by atoms with van der Waals surface area (Å²) in [6.45, 7) is 0.521. The second-order valence-electron chi connectivity index (χ2n) is 6.52. The van der Waals surface area contributed by atoms with E-state index in [9.17, 15) is 4.79 Å². The molecule has 3 aromatic carbocycles. The van der Waals surface area contributed by atoms with Crippen LogP contribution in [-0.4, -0.2) is 18.0 Å². The highest BCUT2D eigenvalue weighted by Crippen LogP contribution is 2.26. The number of ether oxygens (including phenoxy) is 2. The number of nitrogens with zero attached hydrogens (tertiary/aromatic N) is 1. The molecular weight excluding hydrogens is 396 g/mol. The van der Waals surface area contributed by atoms with Gasteiger partial charge in [0.05, 0.1) is 7.11 Å². The summed E-state index contributed by atoms with van der Waals surface area (Å²) in [5.41, 5.74) is 3.13. The number of benzene rings is 3. The zero-order valence-corrected chi connectivity index (χ0v) is 17.2. The molecule has 1 heterocycles. The second kappa shape index (κ2) is 9.24. The normalized spacial score (nSPS) is 10.4. The third kappa shape index (κ3) is 4.85. The van der Waals surface area contributed by atoms with E-state index in [-0.39, 0.29) is 5.91 Å². The summed E-state index contributed by atoms with van der Waals surface area (Å²) in [5, 5.41) is 5.39. The molecule has 1 N–H and O–H groups in total. The molecule has 1 amide bonds. The van der Waals surface area contributed by atoms with Crippen molar-refractivity contribution in [3.05, 3.63) is 95.5 Å². The van der Waals surface area contributed by atoms with E-state index >= 15 is 0 Å². The summed E-state index contributed by atoms with van der Waals surface area (Å²) in [6.07, 6.45) is 0. The lowest BCUT2D eigenvalue weighted by Gasteiger charge is -2.06. The molecule has 4 rings (SSSR count). The molecule has 0 spiro atoms. The van der Waals surface area contributed by atoms with Gasteiger partial charge >= 0.3 is 0 Å². The molecule has 1 aromatic heterocycles. The molecule has 0 bridgehead atoms. The van der Waals surface area contributed by atoms with Crippen LogP contribution in [0, 0.1) is 0 Å². The number of carbonyl (C=O) groups is 1. The van der Waals surface area contributed by atoms with Crippen molar-refractivity contribution in [2.75, 3.05) is 12.4 Å². The maximum Gasteiger partial charge on any atom is 0.275 e. The Balaban J connectivity index is 1.38. The van der Waals surface area contributed by atoms with Crippen molar-refractivity contribution in [3.8, 4) is 22.1 Å². The van der Waals surface area contributed by atoms with E-state index < -0.39 is 0 Å². The first-order valence-electron chi connectivity index (χ1n) is 9.39. The molecule has 0 atom stereocenters. The topological polar surface area (TPSA) is 60.5 Å². The molecule has 0 aliphatic carbocycles. The number of rotatable bonds is 7. The van der Waals surface area contributed by atoms with E-state index in [0.29, 0.717) is 18.0 Å². The minimum absolute atomic E-state index is 0.245. The molecule has 150 valence electrons. The van der Waals surface area contributed by atoms with Crippen LogP contribution in [-0.2, 0) is 6.61 Å². The Bertz CT molecular complexity index is 1110. The molecule has 0 saturated heterocycles. The van der Waals surface area contributed by atoms with E-state index in [2.05, 4.69) is 10.3 Å². The van der Waals surface area contributed by atoms with Gasteiger partial charge in [0.25, 0.3) is 5.91 Å². The van der Waals surface area contributed by atoms with Gasteiger partial charge in [-0.3, -0.25) is 4.79 Å². The molecule has 0 aliphatic rings. The Labute approximate surface area is 178 Å². The van der Waals surface area contributed by atoms with E-state index in [1.54, 1.807) is 36.8 Å². The zero-order chi connectivity index (χ0) is 20.8. The van der Waals surface area contributed by atoms with E-state index in [4.69, 9.17) is 9.47 Å². The van der Waals surface area contributed by atoms with Gasteiger partial charge in [0, 0.05) is 16.6 Å². The van der Waals surface area contributed by atoms with Gasteiger partial charge in [-0.15, -0.1) is 11.3 Å². The van der Waals surface area contributed by atoms with Gasteiger partial charge in [0.15, 0.2) is 0 Å². The molecule has 6 heteroatoms. The number of hydrogen-bond donors (Lipinski definition) is 1. The van der Waals surface area contributed by atoms with Crippen LogP contribution in [0.1, 0.15) is 16.1 Å². The first kappa shape index (κ1) is 19.7. The van der Waals surface area contributed by atoms with Gasteiger partial charge in [0.1, 0.15) is 28.8 Å². The average Bonchev–Trinajstić information content (AvgIpc) is 3.30. The number of amides is 1. The predicted octanol–water partition coefficient (Wildman–Crippen LogP) is 5.65. The van der Waals surface area contributed by atoms with Gasteiger partial charge in [-0.25, -0.2) is 4.98 Å². The molecule has 0 fully saturated rings. The predicted molar refractivity (Wildman–Crippen MR) is 119 cm³/mol. The van der Waals surface area contributed by atoms with Crippen LogP contribution >= 0.6 is 11.3 Å². The van der Waals surface area contributed by atoms with Gasteiger partial charge < -0.3 is 14.8 Å². The summed E-state index contributed by atoms with van der Waals surface area (Å²) in [4.78, 5) is 16.9. The number of anilines is 1. The maximum absolute atomic E-state index is 12.5. The molecule has 4 aromatic rings. The van der Waals surface area contributed by atoms with E-state index in [1.807, 2.05) is 54.6 Å². The van der Waals surface area contributed by atoms with Crippen LogP contribution in [0.15, 0.2) is 84.2 Å². The van der Waals surface area contributed by atoms with Crippen LogP contribution in [0.5, 0.6) is 11.5 Å². The van der Waals surface area contributed by atoms with Crippen molar-refractivity contribution in [1.29, 1.82) is 0 Å². The average molecular weight is 417 g/mol. The Morgan fingerprint density at radius 3 is 2.33 bits per heavy atom. The van der Waals surface area contributed by atoms with Crippen molar-refractivity contribution in [3.63, 3.8) is 0 Å². The first-order valence-corrected chi connectivity index (χ1v) is 10.3. The van der Waals surface area contributed by atoms with Gasteiger partial charge in [0.2, 0.25) is 0 Å². The zero-order valence-electron chi connectivity index (χ0n) is 16.4. The second-order valence-corrected chi connectivity index (χ2v) is 7.38. The molecule has 0 saturated carbocycles. The number of nitrogens with one attached hydrogen (secondary N) is 1. The fourth-order valence-corrected chi connectivity index (χ4v) is 3.62. The Hall–Kier alpha value is -3.64. The van der Waals surface area contributed by atoms with Crippen LogP contribution in [0.2, 0.25) is 0 Å². The SMILES string of the molecule is COc1ccc(NC(=O)c2csc(-c3ccc(OCc4ccccc4)cc3)n2)cc1. The van der Waals surface area contributed by atoms with Crippen LogP contribution in [0.4, 0.5) is 5.69 Å². The fourth-order valence-electron chi connectivity index (χ4n) is 2.81. The third-order valence-electron chi connectivity index (χ3n) is 4.43. The molecule has 0 unspecified atom stereocenters. The number of carbonyl (C=O) groups excluding carboxylic acids is 1. The van der Waals surface area contributed by atoms with Crippen LogP contribution < -0.4 is 14.8 Å². The monoisotopic (exact) mass is 416 g/mol. The maximum atomic E-state index is 12.5. The van der Waals surface area contributed by atoms with Crippen molar-refractivity contribution < 1.29 is 14.3 Å². The number of thiazole rings is 1. The molecule has 0 radical (unpaired) electrons. The largest absolute Gasteiger partial charge is 0.497 e. The summed E-state index contributed by atoms with van der Waals surface area (Å²) >= 11 is 1.43. The smallest absolute Gasteiger partial charge is 0.275 e. The van der Waals surface area contributed by atoms with Gasteiger partial charge in [-0.1, -0.05) is 30.3 Å². The third-order valence-corrected chi connectivity index (χ3v) is 5.33. The minimum atomic E-state index is -0.245. The fraction of sp³-hybridized carbons (Fsp3) is 0.0833. The Morgan fingerprint density at radius 2 is 1.63 bits per heavy atom. The highest BCUT2D eigenvalue weighted by Gasteiger charge is 2.12. The van der Waals surface area contributed by atoms with Gasteiger partial charge in [-0.05, 0) is 54.1 Å². The van der Waals surface area contributed by atoms with Crippen molar-refractivity contribution >= 4 is 22.9 Å². The Kier molecular flexibility index (Phi) is 6.06. The van der Waals surface area contributed by atoms with Crippen LogP contribution in [0.25, 0.3) is 10.6 Å². The first-order chi connectivity index (χ1) is 14.7. The summed E-state index contributed by atoms with van der Waals surface area (Å²) in [7, 11) is 1.60. The van der Waals surface area contributed by atoms with Crippen LogP contribution in [0.3, 0.4) is 0 Å². The lowest BCUT2D eigenvalue weighted by atomic mass is 10.2.